The molecule has 0 fully saturated rings. The Bertz CT molecular complexity index is 430. The van der Waals surface area contributed by atoms with E-state index in [9.17, 15) is 4.79 Å². The maximum absolute atomic E-state index is 12.5. The second kappa shape index (κ2) is 6.19. The molecular weight excluding hydrogens is 248 g/mol. The topological polar surface area (TPSA) is 33.2 Å². The SMILES string of the molecule is Cc1cc(Cl)c(C(=O)N(CC(C)C)C(C)C)cn1. The maximum atomic E-state index is 12.5. The molecule has 1 rings (SSSR count). The van der Waals surface area contributed by atoms with Crippen LogP contribution in [0.2, 0.25) is 5.02 Å². The summed E-state index contributed by atoms with van der Waals surface area (Å²) in [5, 5.41) is 0.474. The van der Waals surface area contributed by atoms with E-state index < -0.39 is 0 Å². The Morgan fingerprint density at radius 3 is 2.44 bits per heavy atom. The number of aryl methyl sites for hydroxylation is 1. The molecule has 0 N–H and O–H groups in total. The third kappa shape index (κ3) is 3.70. The van der Waals surface area contributed by atoms with E-state index in [1.54, 1.807) is 12.3 Å². The standard InChI is InChI=1S/C14H21ClN2O/c1-9(2)8-17(10(3)4)14(18)12-7-16-11(5)6-13(12)15/h6-7,9-10H,8H2,1-5H3. The average molecular weight is 269 g/mol. The molecule has 1 aromatic heterocycles. The zero-order chi connectivity index (χ0) is 13.9. The third-order valence-corrected chi connectivity index (χ3v) is 2.98. The van der Waals surface area contributed by atoms with E-state index >= 15 is 0 Å². The van der Waals surface area contributed by atoms with Gasteiger partial charge in [0.25, 0.3) is 5.91 Å². The van der Waals surface area contributed by atoms with Crippen LogP contribution in [-0.4, -0.2) is 28.4 Å². The van der Waals surface area contributed by atoms with Crippen LogP contribution in [0.25, 0.3) is 0 Å². The van der Waals surface area contributed by atoms with Gasteiger partial charge in [-0.05, 0) is 32.8 Å². The van der Waals surface area contributed by atoms with Gasteiger partial charge in [0.15, 0.2) is 0 Å². The van der Waals surface area contributed by atoms with Crippen LogP contribution in [0.4, 0.5) is 0 Å². The molecule has 100 valence electrons. The van der Waals surface area contributed by atoms with Crippen molar-refractivity contribution >= 4 is 17.5 Å². The summed E-state index contributed by atoms with van der Waals surface area (Å²) in [6.45, 7) is 10.8. The van der Waals surface area contributed by atoms with E-state index in [2.05, 4.69) is 18.8 Å². The number of aromatic nitrogens is 1. The second-order valence-electron chi connectivity index (χ2n) is 5.25. The summed E-state index contributed by atoms with van der Waals surface area (Å²) < 4.78 is 0. The first-order valence-corrected chi connectivity index (χ1v) is 6.63. The molecule has 1 amide bonds. The van der Waals surface area contributed by atoms with Crippen molar-refractivity contribution in [3.05, 3.63) is 28.5 Å². The molecule has 0 spiro atoms. The van der Waals surface area contributed by atoms with Crippen LogP contribution in [0.15, 0.2) is 12.3 Å². The molecule has 0 atom stereocenters. The van der Waals surface area contributed by atoms with Gasteiger partial charge in [-0.25, -0.2) is 0 Å². The van der Waals surface area contributed by atoms with E-state index in [1.165, 1.54) is 0 Å². The molecule has 0 saturated heterocycles. The molecule has 0 aromatic carbocycles. The second-order valence-corrected chi connectivity index (χ2v) is 5.66. The molecule has 18 heavy (non-hydrogen) atoms. The minimum absolute atomic E-state index is 0.0452. The minimum atomic E-state index is -0.0452. The summed E-state index contributed by atoms with van der Waals surface area (Å²) in [7, 11) is 0. The van der Waals surface area contributed by atoms with E-state index in [0.29, 0.717) is 16.5 Å². The van der Waals surface area contributed by atoms with Gasteiger partial charge in [0, 0.05) is 24.5 Å². The minimum Gasteiger partial charge on any atom is -0.336 e. The fourth-order valence-corrected chi connectivity index (χ4v) is 2.05. The highest BCUT2D eigenvalue weighted by atomic mass is 35.5. The van der Waals surface area contributed by atoms with E-state index in [0.717, 1.165) is 12.2 Å². The van der Waals surface area contributed by atoms with Crippen LogP contribution >= 0.6 is 11.6 Å². The monoisotopic (exact) mass is 268 g/mol. The van der Waals surface area contributed by atoms with Gasteiger partial charge in [0.2, 0.25) is 0 Å². The van der Waals surface area contributed by atoms with Crippen molar-refractivity contribution in [2.45, 2.75) is 40.7 Å². The Hall–Kier alpha value is -1.09. The molecule has 0 unspecified atom stereocenters. The lowest BCUT2D eigenvalue weighted by Gasteiger charge is -2.28. The molecule has 0 aliphatic heterocycles. The van der Waals surface area contributed by atoms with Crippen LogP contribution in [0.3, 0.4) is 0 Å². The zero-order valence-electron chi connectivity index (χ0n) is 11.7. The first kappa shape index (κ1) is 15.0. The Kier molecular flexibility index (Phi) is 5.15. The fraction of sp³-hybridized carbons (Fsp3) is 0.571. The number of nitrogens with zero attached hydrogens (tertiary/aromatic N) is 2. The van der Waals surface area contributed by atoms with Gasteiger partial charge < -0.3 is 4.90 Å². The van der Waals surface area contributed by atoms with Crippen molar-refractivity contribution in [2.75, 3.05) is 6.54 Å². The van der Waals surface area contributed by atoms with Gasteiger partial charge in [0.1, 0.15) is 0 Å². The quantitative estimate of drug-likeness (QED) is 0.837. The van der Waals surface area contributed by atoms with Gasteiger partial charge in [-0.2, -0.15) is 0 Å². The van der Waals surface area contributed by atoms with Crippen LogP contribution in [-0.2, 0) is 0 Å². The molecule has 0 saturated carbocycles. The maximum Gasteiger partial charge on any atom is 0.257 e. The zero-order valence-corrected chi connectivity index (χ0v) is 12.5. The van der Waals surface area contributed by atoms with Crippen molar-refractivity contribution in [2.24, 2.45) is 5.92 Å². The number of rotatable bonds is 4. The highest BCUT2D eigenvalue weighted by Crippen LogP contribution is 2.19. The van der Waals surface area contributed by atoms with E-state index in [4.69, 9.17) is 11.6 Å². The Labute approximate surface area is 114 Å². The smallest absolute Gasteiger partial charge is 0.257 e. The van der Waals surface area contributed by atoms with Crippen molar-refractivity contribution in [3.63, 3.8) is 0 Å². The molecule has 0 aliphatic rings. The Balaban J connectivity index is 3.02. The predicted molar refractivity (Wildman–Crippen MR) is 75.0 cm³/mol. The summed E-state index contributed by atoms with van der Waals surface area (Å²) in [6, 6.07) is 1.88. The molecule has 4 heteroatoms. The highest BCUT2D eigenvalue weighted by molar-refractivity contribution is 6.33. The average Bonchev–Trinajstić information content (AvgIpc) is 2.24. The highest BCUT2D eigenvalue weighted by Gasteiger charge is 2.22. The van der Waals surface area contributed by atoms with Crippen LogP contribution in [0.5, 0.6) is 0 Å². The van der Waals surface area contributed by atoms with Crippen molar-refractivity contribution in [3.8, 4) is 0 Å². The molecule has 3 nitrogen and oxygen atoms in total. The first-order chi connectivity index (χ1) is 8.32. The largest absolute Gasteiger partial charge is 0.336 e. The summed E-state index contributed by atoms with van der Waals surface area (Å²) in [6.07, 6.45) is 1.57. The number of carbonyl (C=O) groups excluding carboxylic acids is 1. The number of hydrogen-bond acceptors (Lipinski definition) is 2. The van der Waals surface area contributed by atoms with Gasteiger partial charge in [-0.1, -0.05) is 25.4 Å². The Morgan fingerprint density at radius 1 is 1.39 bits per heavy atom. The molecule has 1 heterocycles. The lowest BCUT2D eigenvalue weighted by molar-refractivity contribution is 0.0681. The van der Waals surface area contributed by atoms with Gasteiger partial charge in [-0.15, -0.1) is 0 Å². The van der Waals surface area contributed by atoms with Crippen molar-refractivity contribution < 1.29 is 4.79 Å². The van der Waals surface area contributed by atoms with Gasteiger partial charge >= 0.3 is 0 Å². The van der Waals surface area contributed by atoms with Crippen molar-refractivity contribution in [1.29, 1.82) is 0 Å². The number of carbonyl (C=O) groups is 1. The molecule has 0 bridgehead atoms. The summed E-state index contributed by atoms with van der Waals surface area (Å²) in [4.78, 5) is 18.4. The fourth-order valence-electron chi connectivity index (χ4n) is 1.76. The molecule has 0 radical (unpaired) electrons. The predicted octanol–water partition coefficient (Wildman–Crippen LogP) is 3.55. The lowest BCUT2D eigenvalue weighted by Crippen LogP contribution is -2.39. The molecular formula is C14H21ClN2O. The normalized spacial score (nSPS) is 11.1. The van der Waals surface area contributed by atoms with Crippen molar-refractivity contribution in [1.82, 2.24) is 9.88 Å². The first-order valence-electron chi connectivity index (χ1n) is 6.26. The Morgan fingerprint density at radius 2 is 2.00 bits per heavy atom. The third-order valence-electron chi connectivity index (χ3n) is 2.67. The number of halogens is 1. The van der Waals surface area contributed by atoms with Gasteiger partial charge in [0.05, 0.1) is 10.6 Å². The van der Waals surface area contributed by atoms with Gasteiger partial charge in [-0.3, -0.25) is 9.78 Å². The number of hydrogen-bond donors (Lipinski definition) is 0. The van der Waals surface area contributed by atoms with Crippen LogP contribution < -0.4 is 0 Å². The summed E-state index contributed by atoms with van der Waals surface area (Å²) >= 11 is 6.12. The summed E-state index contributed by atoms with van der Waals surface area (Å²) in [5.41, 5.74) is 1.30. The molecule has 1 aromatic rings. The molecule has 0 aliphatic carbocycles. The lowest BCUT2D eigenvalue weighted by atomic mass is 10.1. The van der Waals surface area contributed by atoms with Crippen LogP contribution in [0, 0.1) is 12.8 Å². The number of amides is 1. The van der Waals surface area contributed by atoms with E-state index in [1.807, 2.05) is 25.7 Å². The van der Waals surface area contributed by atoms with E-state index in [-0.39, 0.29) is 11.9 Å². The number of pyridine rings is 1. The van der Waals surface area contributed by atoms with Crippen LogP contribution in [0.1, 0.15) is 43.7 Å². The summed E-state index contributed by atoms with van der Waals surface area (Å²) in [5.74, 6) is 0.379.